The molecule has 0 aliphatic carbocycles. The summed E-state index contributed by atoms with van der Waals surface area (Å²) < 4.78 is 0. The summed E-state index contributed by atoms with van der Waals surface area (Å²) in [6.07, 6.45) is 1.17. The summed E-state index contributed by atoms with van der Waals surface area (Å²) >= 11 is 10.3. The Morgan fingerprint density at radius 2 is 1.88 bits per heavy atom. The first-order chi connectivity index (χ1) is 3.66. The monoisotopic (exact) mass is 306 g/mol. The van der Waals surface area contributed by atoms with Gasteiger partial charge in [0.05, 0.1) is 0 Å². The summed E-state index contributed by atoms with van der Waals surface area (Å²) in [6.45, 7) is 2.15. The molecule has 0 rings (SSSR count). The first-order valence-electron chi connectivity index (χ1n) is 2.51. The zero-order valence-electron chi connectivity index (χ0n) is 4.70. The summed E-state index contributed by atoms with van der Waals surface area (Å²) in [6, 6.07) is 0. The normalized spacial score (nSPS) is 18.0. The Hall–Kier alpha value is 1.44. The summed E-state index contributed by atoms with van der Waals surface area (Å²) in [5.74, 6) is 0. The van der Waals surface area contributed by atoms with Crippen LogP contribution >= 0.6 is 47.8 Å². The highest BCUT2D eigenvalue weighted by atomic mass is 79.9. The number of hydrogen-bond donors (Lipinski definition) is 0. The fourth-order valence-electron chi connectivity index (χ4n) is 0.415. The van der Waals surface area contributed by atoms with Gasteiger partial charge < -0.3 is 0 Å². The number of halogens is 3. The highest BCUT2D eigenvalue weighted by Crippen LogP contribution is 2.15. The lowest BCUT2D eigenvalue weighted by molar-refractivity contribution is 0.833. The second kappa shape index (κ2) is 5.24. The van der Waals surface area contributed by atoms with Crippen molar-refractivity contribution >= 4 is 47.8 Å². The molecule has 50 valence electrons. The highest BCUT2D eigenvalue weighted by molar-refractivity contribution is 9.12. The van der Waals surface area contributed by atoms with Gasteiger partial charge in [-0.1, -0.05) is 54.7 Å². The molecule has 2 atom stereocenters. The molecule has 0 saturated heterocycles. The van der Waals surface area contributed by atoms with E-state index in [1.165, 1.54) is 6.42 Å². The largest absolute Gasteiger partial charge is 0.0916 e. The molecule has 0 radical (unpaired) electrons. The Morgan fingerprint density at radius 3 is 2.00 bits per heavy atom. The summed E-state index contributed by atoms with van der Waals surface area (Å²) in [4.78, 5) is 1.22. The van der Waals surface area contributed by atoms with Crippen molar-refractivity contribution < 1.29 is 0 Å². The maximum Gasteiger partial charge on any atom is 0.0253 e. The van der Waals surface area contributed by atoms with E-state index in [1.54, 1.807) is 0 Å². The van der Waals surface area contributed by atoms with E-state index in [4.69, 9.17) is 0 Å². The Bertz CT molecular complexity index is 53.6. The van der Waals surface area contributed by atoms with Gasteiger partial charge in [0, 0.05) is 15.0 Å². The van der Waals surface area contributed by atoms with E-state index in [2.05, 4.69) is 54.7 Å². The van der Waals surface area contributed by atoms with Crippen LogP contribution in [-0.2, 0) is 0 Å². The van der Waals surface area contributed by atoms with Gasteiger partial charge in [-0.15, -0.1) is 0 Å². The van der Waals surface area contributed by atoms with Crippen molar-refractivity contribution in [1.29, 1.82) is 0 Å². The van der Waals surface area contributed by atoms with Crippen molar-refractivity contribution in [3.63, 3.8) is 0 Å². The van der Waals surface area contributed by atoms with E-state index in [-0.39, 0.29) is 0 Å². The highest BCUT2D eigenvalue weighted by Gasteiger charge is 2.04. The molecule has 3 heteroatoms. The van der Waals surface area contributed by atoms with Crippen molar-refractivity contribution in [2.24, 2.45) is 0 Å². The van der Waals surface area contributed by atoms with Crippen molar-refractivity contribution in [1.82, 2.24) is 0 Å². The summed E-state index contributed by atoms with van der Waals surface area (Å²) in [5, 5.41) is 1.03. The van der Waals surface area contributed by atoms with Crippen LogP contribution in [0.5, 0.6) is 0 Å². The molecule has 8 heavy (non-hydrogen) atoms. The average molecular weight is 309 g/mol. The molecule has 0 aromatic rings. The van der Waals surface area contributed by atoms with E-state index >= 15 is 0 Å². The Morgan fingerprint density at radius 1 is 1.38 bits per heavy atom. The van der Waals surface area contributed by atoms with Crippen molar-refractivity contribution in [3.8, 4) is 0 Å². The van der Waals surface area contributed by atoms with Gasteiger partial charge in [-0.3, -0.25) is 0 Å². The second-order valence-electron chi connectivity index (χ2n) is 1.77. The third kappa shape index (κ3) is 5.57. The van der Waals surface area contributed by atoms with Gasteiger partial charge in [-0.05, 0) is 6.42 Å². The zero-order chi connectivity index (χ0) is 6.57. The maximum atomic E-state index is 3.50. The average Bonchev–Trinajstić information content (AvgIpc) is 1.65. The van der Waals surface area contributed by atoms with Crippen LogP contribution in [0.25, 0.3) is 0 Å². The molecule has 0 nitrogen and oxygen atoms in total. The molecule has 0 aromatic carbocycles. The predicted octanol–water partition coefficient (Wildman–Crippen LogP) is 3.32. The third-order valence-electron chi connectivity index (χ3n) is 0.748. The smallest absolute Gasteiger partial charge is 0.0253 e. The maximum absolute atomic E-state index is 3.50. The van der Waals surface area contributed by atoms with E-state index in [0.717, 1.165) is 5.33 Å². The standard InChI is InChI=1S/C5H9Br3/c1-4(7)2-5(8)3-6/h4-5H,2-3H2,1H3. The van der Waals surface area contributed by atoms with Gasteiger partial charge in [0.25, 0.3) is 0 Å². The molecule has 0 aromatic heterocycles. The van der Waals surface area contributed by atoms with E-state index < -0.39 is 0 Å². The minimum Gasteiger partial charge on any atom is -0.0916 e. The molecule has 0 spiro atoms. The Labute approximate surface area is 75.8 Å². The lowest BCUT2D eigenvalue weighted by Gasteiger charge is -2.05. The molecule has 0 fully saturated rings. The SMILES string of the molecule is CC(Br)CC(Br)CBr. The van der Waals surface area contributed by atoms with Gasteiger partial charge >= 0.3 is 0 Å². The Balaban J connectivity index is 3.10. The molecule has 0 N–H and O–H groups in total. The minimum atomic E-state index is 0.608. The lowest BCUT2D eigenvalue weighted by Crippen LogP contribution is -2.04. The van der Waals surface area contributed by atoms with Gasteiger partial charge in [0.15, 0.2) is 0 Å². The molecule has 0 aliphatic rings. The molecule has 0 heterocycles. The Kier molecular flexibility index (Phi) is 6.19. The molecular weight excluding hydrogens is 300 g/mol. The van der Waals surface area contributed by atoms with Crippen molar-refractivity contribution in [3.05, 3.63) is 0 Å². The first-order valence-corrected chi connectivity index (χ1v) is 5.46. The zero-order valence-corrected chi connectivity index (χ0v) is 9.46. The molecule has 0 bridgehead atoms. The molecule has 0 aliphatic heterocycles. The minimum absolute atomic E-state index is 0.608. The fraction of sp³-hybridized carbons (Fsp3) is 1.00. The summed E-state index contributed by atoms with van der Waals surface area (Å²) in [7, 11) is 0. The number of rotatable bonds is 3. The third-order valence-corrected chi connectivity index (χ3v) is 3.47. The van der Waals surface area contributed by atoms with Crippen LogP contribution in [-0.4, -0.2) is 15.0 Å². The first kappa shape index (κ1) is 9.44. The summed E-state index contributed by atoms with van der Waals surface area (Å²) in [5.41, 5.74) is 0. The van der Waals surface area contributed by atoms with Crippen LogP contribution < -0.4 is 0 Å². The van der Waals surface area contributed by atoms with E-state index in [1.807, 2.05) is 0 Å². The van der Waals surface area contributed by atoms with Gasteiger partial charge in [-0.2, -0.15) is 0 Å². The second-order valence-corrected chi connectivity index (χ2v) is 5.27. The quantitative estimate of drug-likeness (QED) is 0.702. The predicted molar refractivity (Wildman–Crippen MR) is 49.5 cm³/mol. The van der Waals surface area contributed by atoms with Gasteiger partial charge in [0.1, 0.15) is 0 Å². The molecule has 0 saturated carbocycles. The lowest BCUT2D eigenvalue weighted by atomic mass is 10.3. The van der Waals surface area contributed by atoms with Crippen LogP contribution in [0.3, 0.4) is 0 Å². The van der Waals surface area contributed by atoms with Crippen molar-refractivity contribution in [2.75, 3.05) is 5.33 Å². The topological polar surface area (TPSA) is 0 Å². The van der Waals surface area contributed by atoms with Crippen LogP contribution in [0.2, 0.25) is 0 Å². The number of alkyl halides is 3. The van der Waals surface area contributed by atoms with E-state index in [0.29, 0.717) is 9.65 Å². The van der Waals surface area contributed by atoms with Crippen molar-refractivity contribution in [2.45, 2.75) is 23.0 Å². The van der Waals surface area contributed by atoms with Crippen LogP contribution in [0.1, 0.15) is 13.3 Å². The van der Waals surface area contributed by atoms with Crippen LogP contribution in [0, 0.1) is 0 Å². The van der Waals surface area contributed by atoms with E-state index in [9.17, 15) is 0 Å². The fourth-order valence-corrected chi connectivity index (χ4v) is 2.19. The van der Waals surface area contributed by atoms with Gasteiger partial charge in [0.2, 0.25) is 0 Å². The van der Waals surface area contributed by atoms with Gasteiger partial charge in [-0.25, -0.2) is 0 Å². The van der Waals surface area contributed by atoms with Crippen LogP contribution in [0.15, 0.2) is 0 Å². The molecule has 2 unspecified atom stereocenters. The number of hydrogen-bond acceptors (Lipinski definition) is 0. The van der Waals surface area contributed by atoms with Crippen LogP contribution in [0.4, 0.5) is 0 Å². The molecular formula is C5H9Br3. The molecule has 0 amide bonds.